The van der Waals surface area contributed by atoms with E-state index in [1.165, 1.54) is 17.4 Å². The molecule has 0 unspecified atom stereocenters. The standard InChI is InChI=1S/C28H25FN2O4S/c29-21-14-18(13-20(32)12-17-2-3-17)4-7-24(21)35-25-8-9-30-23-15-26(36-27(23)25)22-6-5-19(16-31-22)28-33-10-1-11-34-28/h4-9,14-17,28H,1-3,10-13H2. The molecule has 1 saturated carbocycles. The zero-order valence-electron chi connectivity index (χ0n) is 19.6. The second kappa shape index (κ2) is 10.0. The summed E-state index contributed by atoms with van der Waals surface area (Å²) < 4.78 is 32.9. The fraction of sp³-hybridized carbons (Fsp3) is 0.321. The van der Waals surface area contributed by atoms with Crippen LogP contribution in [0.1, 0.15) is 43.1 Å². The Morgan fingerprint density at radius 1 is 1.06 bits per heavy atom. The molecule has 36 heavy (non-hydrogen) atoms. The van der Waals surface area contributed by atoms with Crippen LogP contribution in [0.4, 0.5) is 4.39 Å². The highest BCUT2D eigenvalue weighted by molar-refractivity contribution is 7.22. The summed E-state index contributed by atoms with van der Waals surface area (Å²) in [4.78, 5) is 22.1. The van der Waals surface area contributed by atoms with Gasteiger partial charge in [-0.3, -0.25) is 14.8 Å². The summed E-state index contributed by atoms with van der Waals surface area (Å²) in [6, 6.07) is 12.3. The molecule has 0 N–H and O–H groups in total. The fourth-order valence-electron chi connectivity index (χ4n) is 4.29. The second-order valence-electron chi connectivity index (χ2n) is 9.27. The fourth-order valence-corrected chi connectivity index (χ4v) is 5.33. The molecular weight excluding hydrogens is 479 g/mol. The SMILES string of the molecule is O=C(Cc1ccc(Oc2ccnc3cc(-c4ccc(C5OCCCO5)cn4)sc23)c(F)c1)CC1CC1. The number of nitrogens with zero attached hydrogens (tertiary/aromatic N) is 2. The molecule has 2 aliphatic rings. The molecule has 4 aromatic rings. The van der Waals surface area contributed by atoms with Gasteiger partial charge in [0.25, 0.3) is 0 Å². The van der Waals surface area contributed by atoms with E-state index in [1.807, 2.05) is 18.2 Å². The van der Waals surface area contributed by atoms with E-state index >= 15 is 0 Å². The maximum atomic E-state index is 14.8. The second-order valence-corrected chi connectivity index (χ2v) is 10.3. The Morgan fingerprint density at radius 2 is 1.92 bits per heavy atom. The summed E-state index contributed by atoms with van der Waals surface area (Å²) in [5.41, 5.74) is 3.10. The smallest absolute Gasteiger partial charge is 0.185 e. The molecule has 1 aliphatic carbocycles. The topological polar surface area (TPSA) is 70.5 Å². The number of thiophene rings is 1. The van der Waals surface area contributed by atoms with E-state index in [1.54, 1.807) is 30.6 Å². The van der Waals surface area contributed by atoms with Crippen LogP contribution >= 0.6 is 11.3 Å². The first kappa shape index (κ1) is 23.2. The van der Waals surface area contributed by atoms with E-state index in [4.69, 9.17) is 14.2 Å². The third-order valence-corrected chi connectivity index (χ3v) is 7.51. The van der Waals surface area contributed by atoms with Crippen LogP contribution in [-0.2, 0) is 20.7 Å². The number of ether oxygens (including phenoxy) is 3. The van der Waals surface area contributed by atoms with Gasteiger partial charge in [-0.15, -0.1) is 11.3 Å². The van der Waals surface area contributed by atoms with E-state index in [0.29, 0.717) is 36.9 Å². The summed E-state index contributed by atoms with van der Waals surface area (Å²) in [5, 5.41) is 0. The number of aromatic nitrogens is 2. The number of carbonyl (C=O) groups excluding carboxylic acids is 1. The Labute approximate surface area is 212 Å². The third kappa shape index (κ3) is 5.16. The van der Waals surface area contributed by atoms with Crippen molar-refractivity contribution < 1.29 is 23.4 Å². The van der Waals surface area contributed by atoms with Gasteiger partial charge in [-0.2, -0.15) is 0 Å². The van der Waals surface area contributed by atoms with Gasteiger partial charge < -0.3 is 14.2 Å². The molecule has 1 saturated heterocycles. The lowest BCUT2D eigenvalue weighted by Crippen LogP contribution is -2.17. The molecule has 0 bridgehead atoms. The van der Waals surface area contributed by atoms with Crippen molar-refractivity contribution in [2.45, 2.75) is 38.4 Å². The molecule has 6 nitrogen and oxygen atoms in total. The summed E-state index contributed by atoms with van der Waals surface area (Å²) in [5.74, 6) is 0.841. The minimum absolute atomic E-state index is 0.116. The first-order valence-corrected chi connectivity index (χ1v) is 13.0. The van der Waals surface area contributed by atoms with Gasteiger partial charge in [-0.05, 0) is 55.0 Å². The predicted molar refractivity (Wildman–Crippen MR) is 135 cm³/mol. The highest BCUT2D eigenvalue weighted by Gasteiger charge is 2.24. The van der Waals surface area contributed by atoms with Gasteiger partial charge in [0.2, 0.25) is 0 Å². The molecule has 0 atom stereocenters. The molecule has 1 aromatic carbocycles. The van der Waals surface area contributed by atoms with Gasteiger partial charge in [-0.1, -0.05) is 12.1 Å². The van der Waals surface area contributed by atoms with Gasteiger partial charge in [-0.25, -0.2) is 4.39 Å². The third-order valence-electron chi connectivity index (χ3n) is 6.34. The van der Waals surface area contributed by atoms with Crippen LogP contribution in [0, 0.1) is 11.7 Å². The molecule has 1 aliphatic heterocycles. The van der Waals surface area contributed by atoms with Crippen molar-refractivity contribution in [1.29, 1.82) is 0 Å². The first-order chi connectivity index (χ1) is 17.6. The summed E-state index contributed by atoms with van der Waals surface area (Å²) in [6.07, 6.45) is 7.05. The normalized spacial score (nSPS) is 16.4. The lowest BCUT2D eigenvalue weighted by molar-refractivity contribution is -0.183. The average molecular weight is 505 g/mol. The Morgan fingerprint density at radius 3 is 2.67 bits per heavy atom. The van der Waals surface area contributed by atoms with Crippen molar-refractivity contribution in [3.05, 3.63) is 71.8 Å². The average Bonchev–Trinajstić information content (AvgIpc) is 3.60. The van der Waals surface area contributed by atoms with Crippen LogP contribution in [0.3, 0.4) is 0 Å². The molecule has 184 valence electrons. The van der Waals surface area contributed by atoms with Crippen molar-refractivity contribution in [1.82, 2.24) is 9.97 Å². The molecule has 6 rings (SSSR count). The van der Waals surface area contributed by atoms with Crippen molar-refractivity contribution in [2.75, 3.05) is 13.2 Å². The van der Waals surface area contributed by atoms with E-state index in [0.717, 1.165) is 45.6 Å². The zero-order chi connectivity index (χ0) is 24.5. The number of hydrogen-bond donors (Lipinski definition) is 0. The maximum absolute atomic E-state index is 14.8. The van der Waals surface area contributed by atoms with Crippen LogP contribution in [0.15, 0.2) is 54.9 Å². The molecule has 8 heteroatoms. The van der Waals surface area contributed by atoms with Crippen molar-refractivity contribution in [3.8, 4) is 22.1 Å². The van der Waals surface area contributed by atoms with Crippen LogP contribution < -0.4 is 4.74 Å². The maximum Gasteiger partial charge on any atom is 0.185 e. The molecular formula is C28H25FN2O4S. The van der Waals surface area contributed by atoms with E-state index in [9.17, 15) is 9.18 Å². The van der Waals surface area contributed by atoms with Crippen LogP contribution in [0.5, 0.6) is 11.5 Å². The Hall–Kier alpha value is -3.20. The van der Waals surface area contributed by atoms with Gasteiger partial charge in [0.15, 0.2) is 17.9 Å². The molecule has 0 radical (unpaired) electrons. The number of benzene rings is 1. The lowest BCUT2D eigenvalue weighted by atomic mass is 10.0. The summed E-state index contributed by atoms with van der Waals surface area (Å²) in [7, 11) is 0. The molecule has 2 fully saturated rings. The van der Waals surface area contributed by atoms with E-state index in [-0.39, 0.29) is 24.2 Å². The largest absolute Gasteiger partial charge is 0.453 e. The number of fused-ring (bicyclic) bond motifs is 1. The van der Waals surface area contributed by atoms with Gasteiger partial charge in [0, 0.05) is 36.9 Å². The Balaban J connectivity index is 1.20. The predicted octanol–water partition coefficient (Wildman–Crippen LogP) is 6.64. The minimum Gasteiger partial charge on any atom is -0.453 e. The van der Waals surface area contributed by atoms with E-state index in [2.05, 4.69) is 9.97 Å². The van der Waals surface area contributed by atoms with Gasteiger partial charge in [0.1, 0.15) is 11.5 Å². The zero-order valence-corrected chi connectivity index (χ0v) is 20.4. The number of pyridine rings is 2. The van der Waals surface area contributed by atoms with Gasteiger partial charge in [0.05, 0.1) is 34.0 Å². The summed E-state index contributed by atoms with van der Waals surface area (Å²) in [6.45, 7) is 1.36. The number of hydrogen-bond acceptors (Lipinski definition) is 7. The quantitative estimate of drug-likeness (QED) is 0.268. The van der Waals surface area contributed by atoms with Crippen molar-refractivity contribution in [3.63, 3.8) is 0 Å². The van der Waals surface area contributed by atoms with Gasteiger partial charge >= 0.3 is 0 Å². The van der Waals surface area contributed by atoms with Crippen LogP contribution in [-0.4, -0.2) is 29.0 Å². The number of carbonyl (C=O) groups is 1. The molecule has 3 aromatic heterocycles. The first-order valence-electron chi connectivity index (χ1n) is 12.2. The minimum atomic E-state index is -0.488. The molecule has 0 amide bonds. The highest BCUT2D eigenvalue weighted by Crippen LogP contribution is 2.39. The summed E-state index contributed by atoms with van der Waals surface area (Å²) >= 11 is 1.49. The monoisotopic (exact) mass is 504 g/mol. The van der Waals surface area contributed by atoms with Crippen LogP contribution in [0.2, 0.25) is 0 Å². The van der Waals surface area contributed by atoms with Crippen LogP contribution in [0.25, 0.3) is 20.8 Å². The number of ketones is 1. The Bertz CT molecular complexity index is 1390. The highest BCUT2D eigenvalue weighted by atomic mass is 32.1. The van der Waals surface area contributed by atoms with Crippen molar-refractivity contribution >= 4 is 27.3 Å². The number of Topliss-reactive ketones (excluding diaryl/α,β-unsaturated/α-hetero) is 1. The van der Waals surface area contributed by atoms with Crippen molar-refractivity contribution in [2.24, 2.45) is 5.92 Å². The number of rotatable bonds is 8. The lowest BCUT2D eigenvalue weighted by Gasteiger charge is -2.23. The van der Waals surface area contributed by atoms with E-state index < -0.39 is 5.82 Å². The number of halogens is 1. The Kier molecular flexibility index (Phi) is 6.48. The molecule has 0 spiro atoms. The molecule has 4 heterocycles.